The molecule has 0 bridgehead atoms. The van der Waals surface area contributed by atoms with Gasteiger partial charge in [-0.1, -0.05) is 25.4 Å². The van der Waals surface area contributed by atoms with Gasteiger partial charge in [0.05, 0.1) is 16.4 Å². The van der Waals surface area contributed by atoms with Crippen molar-refractivity contribution in [2.24, 2.45) is 0 Å². The zero-order valence-corrected chi connectivity index (χ0v) is 14.1. The Morgan fingerprint density at radius 3 is 2.68 bits per heavy atom. The van der Waals surface area contributed by atoms with Gasteiger partial charge in [-0.15, -0.1) is 0 Å². The van der Waals surface area contributed by atoms with E-state index in [4.69, 9.17) is 11.6 Å². The molecule has 0 aliphatic heterocycles. The highest BCUT2D eigenvalue weighted by atomic mass is 35.5. The van der Waals surface area contributed by atoms with Crippen LogP contribution in [0.2, 0.25) is 5.02 Å². The normalized spacial score (nSPS) is 12.9. The quantitative estimate of drug-likeness (QED) is 0.708. The van der Waals surface area contributed by atoms with Crippen LogP contribution in [0, 0.1) is 6.92 Å². The summed E-state index contributed by atoms with van der Waals surface area (Å²) in [5, 5.41) is 8.88. The minimum atomic E-state index is 0.473. The largest absolute Gasteiger partial charge is 0.313 e. The SMILES string of the molecule is CCCSCC(Cc1c(Cl)c(C)nn1CC)NCC. The minimum Gasteiger partial charge on any atom is -0.313 e. The summed E-state index contributed by atoms with van der Waals surface area (Å²) in [6.45, 7) is 10.3. The third-order valence-corrected chi connectivity index (χ3v) is 4.88. The summed E-state index contributed by atoms with van der Waals surface area (Å²) in [5.74, 6) is 2.35. The van der Waals surface area contributed by atoms with Gasteiger partial charge in [-0.25, -0.2) is 0 Å². The average Bonchev–Trinajstić information content (AvgIpc) is 2.67. The summed E-state index contributed by atoms with van der Waals surface area (Å²) in [6.07, 6.45) is 2.19. The molecule has 0 aliphatic rings. The maximum atomic E-state index is 6.38. The Kier molecular flexibility index (Phi) is 7.88. The van der Waals surface area contributed by atoms with Crippen molar-refractivity contribution in [3.8, 4) is 0 Å². The molecule has 0 fully saturated rings. The first kappa shape index (κ1) is 16.9. The number of nitrogens with zero attached hydrogens (tertiary/aromatic N) is 2. The summed E-state index contributed by atoms with van der Waals surface area (Å²) < 4.78 is 2.03. The Bertz CT molecular complexity index is 379. The first-order valence-electron chi connectivity index (χ1n) is 7.16. The van der Waals surface area contributed by atoms with Crippen LogP contribution in [0.5, 0.6) is 0 Å². The number of nitrogens with one attached hydrogen (secondary N) is 1. The molecule has 0 saturated carbocycles. The summed E-state index contributed by atoms with van der Waals surface area (Å²) in [5.41, 5.74) is 2.11. The Morgan fingerprint density at radius 2 is 2.11 bits per heavy atom. The topological polar surface area (TPSA) is 29.9 Å². The second-order valence-electron chi connectivity index (χ2n) is 4.70. The number of likely N-dealkylation sites (N-methyl/N-ethyl adjacent to an activating group) is 1. The Morgan fingerprint density at radius 1 is 1.37 bits per heavy atom. The molecule has 0 spiro atoms. The molecule has 1 atom stereocenters. The lowest BCUT2D eigenvalue weighted by Crippen LogP contribution is -2.34. The molecule has 1 aromatic heterocycles. The van der Waals surface area contributed by atoms with E-state index in [1.165, 1.54) is 17.9 Å². The number of halogens is 1. The van der Waals surface area contributed by atoms with Gasteiger partial charge in [0.1, 0.15) is 0 Å². The Balaban J connectivity index is 2.72. The number of aromatic nitrogens is 2. The molecule has 1 rings (SSSR count). The highest BCUT2D eigenvalue weighted by Crippen LogP contribution is 2.22. The first-order valence-corrected chi connectivity index (χ1v) is 8.70. The van der Waals surface area contributed by atoms with E-state index in [0.29, 0.717) is 6.04 Å². The van der Waals surface area contributed by atoms with E-state index < -0.39 is 0 Å². The zero-order valence-electron chi connectivity index (χ0n) is 12.5. The van der Waals surface area contributed by atoms with Crippen molar-refractivity contribution in [1.82, 2.24) is 15.1 Å². The lowest BCUT2D eigenvalue weighted by Gasteiger charge is -2.18. The molecule has 0 aromatic carbocycles. The van der Waals surface area contributed by atoms with Crippen LogP contribution in [0.3, 0.4) is 0 Å². The molecular formula is C14H26ClN3S. The lowest BCUT2D eigenvalue weighted by atomic mass is 10.1. The minimum absolute atomic E-state index is 0.473. The highest BCUT2D eigenvalue weighted by molar-refractivity contribution is 7.99. The van der Waals surface area contributed by atoms with Crippen molar-refractivity contribution in [3.63, 3.8) is 0 Å². The van der Waals surface area contributed by atoms with Crippen LogP contribution in [-0.4, -0.2) is 33.9 Å². The smallest absolute Gasteiger partial charge is 0.0847 e. The molecule has 3 nitrogen and oxygen atoms in total. The van der Waals surface area contributed by atoms with Crippen LogP contribution in [0.25, 0.3) is 0 Å². The third-order valence-electron chi connectivity index (χ3n) is 3.05. The number of aryl methyl sites for hydroxylation is 2. The van der Waals surface area contributed by atoms with Gasteiger partial charge < -0.3 is 5.32 Å². The van der Waals surface area contributed by atoms with Gasteiger partial charge in [0.25, 0.3) is 0 Å². The molecule has 0 saturated heterocycles. The van der Waals surface area contributed by atoms with Gasteiger partial charge in [0.15, 0.2) is 0 Å². The van der Waals surface area contributed by atoms with E-state index in [1.807, 2.05) is 23.4 Å². The van der Waals surface area contributed by atoms with Crippen molar-refractivity contribution in [2.45, 2.75) is 53.1 Å². The van der Waals surface area contributed by atoms with Crippen LogP contribution in [0.4, 0.5) is 0 Å². The van der Waals surface area contributed by atoms with Crippen molar-refractivity contribution in [2.75, 3.05) is 18.1 Å². The van der Waals surface area contributed by atoms with E-state index in [-0.39, 0.29) is 0 Å². The van der Waals surface area contributed by atoms with E-state index >= 15 is 0 Å². The predicted molar refractivity (Wildman–Crippen MR) is 86.4 cm³/mol. The monoisotopic (exact) mass is 303 g/mol. The maximum absolute atomic E-state index is 6.38. The number of hydrogen-bond donors (Lipinski definition) is 1. The maximum Gasteiger partial charge on any atom is 0.0847 e. The molecule has 0 aliphatic carbocycles. The summed E-state index contributed by atoms with van der Waals surface area (Å²) >= 11 is 8.39. The van der Waals surface area contributed by atoms with E-state index in [0.717, 1.165) is 36.0 Å². The molecule has 1 heterocycles. The van der Waals surface area contributed by atoms with Gasteiger partial charge in [-0.3, -0.25) is 4.68 Å². The van der Waals surface area contributed by atoms with Crippen LogP contribution in [0.15, 0.2) is 0 Å². The fourth-order valence-corrected chi connectivity index (χ4v) is 3.33. The molecule has 1 unspecified atom stereocenters. The van der Waals surface area contributed by atoms with Gasteiger partial charge in [-0.2, -0.15) is 16.9 Å². The van der Waals surface area contributed by atoms with Crippen LogP contribution < -0.4 is 5.32 Å². The van der Waals surface area contributed by atoms with Gasteiger partial charge in [0, 0.05) is 24.8 Å². The highest BCUT2D eigenvalue weighted by Gasteiger charge is 2.17. The van der Waals surface area contributed by atoms with Gasteiger partial charge in [0.2, 0.25) is 0 Å². The van der Waals surface area contributed by atoms with Crippen LogP contribution in [0.1, 0.15) is 38.6 Å². The number of hydrogen-bond acceptors (Lipinski definition) is 3. The Hall–Kier alpha value is -0.190. The van der Waals surface area contributed by atoms with Gasteiger partial charge >= 0.3 is 0 Å². The molecule has 19 heavy (non-hydrogen) atoms. The van der Waals surface area contributed by atoms with Crippen molar-refractivity contribution in [3.05, 3.63) is 16.4 Å². The summed E-state index contributed by atoms with van der Waals surface area (Å²) in [6, 6.07) is 0.473. The zero-order chi connectivity index (χ0) is 14.3. The molecule has 0 radical (unpaired) electrons. The predicted octanol–water partition coefficient (Wildman–Crippen LogP) is 3.53. The second-order valence-corrected chi connectivity index (χ2v) is 6.22. The second kappa shape index (κ2) is 8.88. The lowest BCUT2D eigenvalue weighted by molar-refractivity contribution is 0.533. The van der Waals surface area contributed by atoms with Crippen molar-refractivity contribution >= 4 is 23.4 Å². The Labute approximate surface area is 126 Å². The molecule has 0 amide bonds. The van der Waals surface area contributed by atoms with Gasteiger partial charge in [-0.05, 0) is 32.6 Å². The third kappa shape index (κ3) is 5.01. The fraction of sp³-hybridized carbons (Fsp3) is 0.786. The number of rotatable bonds is 9. The fourth-order valence-electron chi connectivity index (χ4n) is 2.15. The molecular weight excluding hydrogens is 278 g/mol. The van der Waals surface area contributed by atoms with E-state index in [1.54, 1.807) is 0 Å². The standard InChI is InChI=1S/C14H26ClN3S/c1-5-8-19-10-12(16-6-2)9-13-14(15)11(4)17-18(13)7-3/h12,16H,5-10H2,1-4H3. The average molecular weight is 304 g/mol. The molecule has 1 aromatic rings. The first-order chi connectivity index (χ1) is 9.13. The summed E-state index contributed by atoms with van der Waals surface area (Å²) in [7, 11) is 0. The summed E-state index contributed by atoms with van der Waals surface area (Å²) in [4.78, 5) is 0. The van der Waals surface area contributed by atoms with E-state index in [2.05, 4.69) is 31.2 Å². The molecule has 110 valence electrons. The number of thioether (sulfide) groups is 1. The van der Waals surface area contributed by atoms with Crippen molar-refractivity contribution < 1.29 is 0 Å². The van der Waals surface area contributed by atoms with E-state index in [9.17, 15) is 0 Å². The molecule has 1 N–H and O–H groups in total. The molecule has 5 heteroatoms. The van der Waals surface area contributed by atoms with Crippen LogP contribution in [-0.2, 0) is 13.0 Å². The van der Waals surface area contributed by atoms with Crippen molar-refractivity contribution in [1.29, 1.82) is 0 Å². The van der Waals surface area contributed by atoms with Crippen LogP contribution >= 0.6 is 23.4 Å².